The maximum Gasteiger partial charge on any atom is 0.176 e. The van der Waals surface area contributed by atoms with Crippen LogP contribution in [0.3, 0.4) is 0 Å². The van der Waals surface area contributed by atoms with Crippen LogP contribution in [0.2, 0.25) is 0 Å². The highest BCUT2D eigenvalue weighted by atomic mass is 16.5. The van der Waals surface area contributed by atoms with Crippen LogP contribution < -0.4 is 10.1 Å². The summed E-state index contributed by atoms with van der Waals surface area (Å²) in [5, 5.41) is 4.61. The molecule has 1 aromatic carbocycles. The van der Waals surface area contributed by atoms with Gasteiger partial charge in [-0.05, 0) is 31.0 Å². The minimum absolute atomic E-state index is 0.0929. The Hall–Kier alpha value is -1.48. The molecule has 20 heavy (non-hydrogen) atoms. The van der Waals surface area contributed by atoms with Gasteiger partial charge in [-0.3, -0.25) is 0 Å². The van der Waals surface area contributed by atoms with Gasteiger partial charge in [-0.25, -0.2) is 0 Å². The van der Waals surface area contributed by atoms with Crippen LogP contribution in [0.25, 0.3) is 11.0 Å². The van der Waals surface area contributed by atoms with E-state index in [4.69, 9.17) is 9.15 Å². The van der Waals surface area contributed by atoms with Gasteiger partial charge in [0.1, 0.15) is 5.76 Å². The third-order valence-electron chi connectivity index (χ3n) is 3.39. The van der Waals surface area contributed by atoms with Crippen LogP contribution in [0.5, 0.6) is 5.75 Å². The molecule has 0 saturated carbocycles. The van der Waals surface area contributed by atoms with Gasteiger partial charge < -0.3 is 14.5 Å². The molecule has 1 atom stereocenters. The highest BCUT2D eigenvalue weighted by Gasteiger charge is 2.28. The van der Waals surface area contributed by atoms with Gasteiger partial charge in [0.15, 0.2) is 11.3 Å². The first-order valence-corrected chi connectivity index (χ1v) is 7.36. The maximum atomic E-state index is 6.11. The van der Waals surface area contributed by atoms with Gasteiger partial charge in [-0.2, -0.15) is 0 Å². The predicted octanol–water partition coefficient (Wildman–Crippen LogP) is 4.53. The Morgan fingerprint density at radius 2 is 2.00 bits per heavy atom. The molecule has 1 aromatic heterocycles. The second kappa shape index (κ2) is 5.88. The van der Waals surface area contributed by atoms with Crippen molar-refractivity contribution < 1.29 is 9.15 Å². The monoisotopic (exact) mass is 275 g/mol. The Kier molecular flexibility index (Phi) is 4.39. The molecule has 2 aromatic rings. The first-order valence-electron chi connectivity index (χ1n) is 7.36. The molecule has 0 fully saturated rings. The Morgan fingerprint density at radius 3 is 2.60 bits per heavy atom. The van der Waals surface area contributed by atoms with Gasteiger partial charge in [0.05, 0.1) is 12.6 Å². The summed E-state index contributed by atoms with van der Waals surface area (Å²) in [6, 6.07) is 8.34. The van der Waals surface area contributed by atoms with Gasteiger partial charge in [-0.1, -0.05) is 39.8 Å². The zero-order valence-corrected chi connectivity index (χ0v) is 13.1. The van der Waals surface area contributed by atoms with Crippen molar-refractivity contribution in [2.24, 2.45) is 5.41 Å². The molecular formula is C17H25NO2. The Balaban J connectivity index is 2.46. The number of hydrogen-bond donors (Lipinski definition) is 1. The lowest BCUT2D eigenvalue weighted by Gasteiger charge is -2.29. The number of benzene rings is 1. The van der Waals surface area contributed by atoms with Crippen LogP contribution in [0.15, 0.2) is 28.7 Å². The van der Waals surface area contributed by atoms with Gasteiger partial charge in [-0.15, -0.1) is 0 Å². The van der Waals surface area contributed by atoms with E-state index in [2.05, 4.69) is 45.1 Å². The Bertz CT molecular complexity index is 566. The molecule has 1 heterocycles. The summed E-state index contributed by atoms with van der Waals surface area (Å²) < 4.78 is 11.7. The average molecular weight is 275 g/mol. The second-order valence-electron chi connectivity index (χ2n) is 6.11. The summed E-state index contributed by atoms with van der Waals surface area (Å²) in [6.07, 6.45) is 0. The van der Waals surface area contributed by atoms with E-state index < -0.39 is 0 Å². The second-order valence-corrected chi connectivity index (χ2v) is 6.11. The van der Waals surface area contributed by atoms with Crippen molar-refractivity contribution in [2.75, 3.05) is 13.2 Å². The number of rotatable bonds is 5. The zero-order valence-electron chi connectivity index (χ0n) is 13.1. The largest absolute Gasteiger partial charge is 0.490 e. The number of furan rings is 1. The van der Waals surface area contributed by atoms with Crippen LogP contribution in [0.1, 0.15) is 46.4 Å². The fraction of sp³-hybridized carbons (Fsp3) is 0.529. The van der Waals surface area contributed by atoms with Crippen LogP contribution >= 0.6 is 0 Å². The molecule has 1 N–H and O–H groups in total. The van der Waals surface area contributed by atoms with Gasteiger partial charge >= 0.3 is 0 Å². The fourth-order valence-electron chi connectivity index (χ4n) is 2.51. The summed E-state index contributed by atoms with van der Waals surface area (Å²) in [7, 11) is 0. The summed E-state index contributed by atoms with van der Waals surface area (Å²) in [5.74, 6) is 1.79. The fourth-order valence-corrected chi connectivity index (χ4v) is 2.51. The maximum absolute atomic E-state index is 6.11. The Morgan fingerprint density at radius 1 is 1.25 bits per heavy atom. The van der Waals surface area contributed by atoms with Crippen molar-refractivity contribution in [3.05, 3.63) is 30.0 Å². The molecule has 0 amide bonds. The summed E-state index contributed by atoms with van der Waals surface area (Å²) in [5.41, 5.74) is 0.937. The molecule has 110 valence electrons. The van der Waals surface area contributed by atoms with Crippen molar-refractivity contribution in [1.29, 1.82) is 0 Å². The lowest BCUT2D eigenvalue weighted by molar-refractivity contribution is 0.243. The standard InChI is InChI=1S/C17H25NO2/c1-6-18-16(17(3,4)5)14-11-12-9-8-10-13(19-7-2)15(12)20-14/h8-11,16,18H,6-7H2,1-5H3. The van der Waals surface area contributed by atoms with Crippen molar-refractivity contribution in [3.63, 3.8) is 0 Å². The molecule has 1 unspecified atom stereocenters. The average Bonchev–Trinajstić information content (AvgIpc) is 2.79. The molecule has 0 bridgehead atoms. The molecule has 0 spiro atoms. The summed E-state index contributed by atoms with van der Waals surface area (Å²) >= 11 is 0. The normalized spacial score (nSPS) is 13.7. The van der Waals surface area contributed by atoms with Crippen LogP contribution in [-0.4, -0.2) is 13.2 Å². The molecular weight excluding hydrogens is 250 g/mol. The molecule has 3 heteroatoms. The van der Waals surface area contributed by atoms with E-state index in [1.807, 2.05) is 19.1 Å². The first kappa shape index (κ1) is 14.9. The molecule has 2 rings (SSSR count). The molecule has 0 radical (unpaired) electrons. The molecule has 0 aliphatic carbocycles. The third kappa shape index (κ3) is 2.98. The van der Waals surface area contributed by atoms with Crippen molar-refractivity contribution in [3.8, 4) is 5.75 Å². The predicted molar refractivity (Wildman–Crippen MR) is 83.3 cm³/mol. The number of para-hydroxylation sites is 1. The smallest absolute Gasteiger partial charge is 0.176 e. The highest BCUT2D eigenvalue weighted by Crippen LogP contribution is 2.37. The van der Waals surface area contributed by atoms with Gasteiger partial charge in [0, 0.05) is 5.39 Å². The van der Waals surface area contributed by atoms with E-state index in [1.54, 1.807) is 0 Å². The van der Waals surface area contributed by atoms with Crippen molar-refractivity contribution >= 4 is 11.0 Å². The van der Waals surface area contributed by atoms with Crippen molar-refractivity contribution in [2.45, 2.75) is 40.7 Å². The van der Waals surface area contributed by atoms with E-state index >= 15 is 0 Å². The third-order valence-corrected chi connectivity index (χ3v) is 3.39. The number of ether oxygens (including phenoxy) is 1. The van der Waals surface area contributed by atoms with E-state index in [0.717, 1.165) is 29.0 Å². The highest BCUT2D eigenvalue weighted by molar-refractivity contribution is 5.83. The lowest BCUT2D eigenvalue weighted by atomic mass is 9.85. The topological polar surface area (TPSA) is 34.4 Å². The van der Waals surface area contributed by atoms with E-state index in [-0.39, 0.29) is 11.5 Å². The summed E-state index contributed by atoms with van der Waals surface area (Å²) in [6.45, 7) is 12.3. The van der Waals surface area contributed by atoms with Crippen LogP contribution in [0.4, 0.5) is 0 Å². The molecule has 3 nitrogen and oxygen atoms in total. The lowest BCUT2D eigenvalue weighted by Crippen LogP contribution is -2.31. The van der Waals surface area contributed by atoms with Gasteiger partial charge in [0.25, 0.3) is 0 Å². The van der Waals surface area contributed by atoms with Crippen molar-refractivity contribution in [1.82, 2.24) is 5.32 Å². The first-order chi connectivity index (χ1) is 9.47. The minimum Gasteiger partial charge on any atom is -0.490 e. The van der Waals surface area contributed by atoms with E-state index in [9.17, 15) is 0 Å². The molecule has 0 aliphatic heterocycles. The summed E-state index contributed by atoms with van der Waals surface area (Å²) in [4.78, 5) is 0. The van der Waals surface area contributed by atoms with E-state index in [1.165, 1.54) is 0 Å². The number of nitrogens with one attached hydrogen (secondary N) is 1. The SMILES string of the molecule is CCNC(c1cc2cccc(OCC)c2o1)C(C)(C)C. The van der Waals surface area contributed by atoms with E-state index in [0.29, 0.717) is 6.61 Å². The number of fused-ring (bicyclic) bond motifs is 1. The molecule has 0 aliphatic rings. The van der Waals surface area contributed by atoms with Gasteiger partial charge in [0.2, 0.25) is 0 Å². The van der Waals surface area contributed by atoms with Crippen LogP contribution in [-0.2, 0) is 0 Å². The molecule has 0 saturated heterocycles. The quantitative estimate of drug-likeness (QED) is 0.870. The van der Waals surface area contributed by atoms with Crippen LogP contribution in [0, 0.1) is 5.41 Å². The zero-order chi connectivity index (χ0) is 14.8. The number of hydrogen-bond acceptors (Lipinski definition) is 3. The Labute approximate surface area is 121 Å². The minimum atomic E-state index is 0.0929.